The van der Waals surface area contributed by atoms with Crippen LogP contribution in [0.3, 0.4) is 0 Å². The molecule has 0 N–H and O–H groups in total. The molecule has 1 heterocycles. The zero-order chi connectivity index (χ0) is 18.6. The van der Waals surface area contributed by atoms with Crippen molar-refractivity contribution >= 4 is 15.7 Å². The van der Waals surface area contributed by atoms with E-state index in [0.717, 1.165) is 24.2 Å². The van der Waals surface area contributed by atoms with Crippen LogP contribution in [0.5, 0.6) is 0 Å². The Hall–Kier alpha value is -1.89. The Bertz CT molecular complexity index is 831. The van der Waals surface area contributed by atoms with Gasteiger partial charge in [-0.3, -0.25) is 9.21 Å². The Balaban J connectivity index is 1.89. The van der Waals surface area contributed by atoms with Crippen molar-refractivity contribution in [1.82, 2.24) is 4.90 Å². The summed E-state index contributed by atoms with van der Waals surface area (Å²) in [5, 5.41) is 0. The fourth-order valence-electron chi connectivity index (χ4n) is 3.04. The second-order valence-electron chi connectivity index (χ2n) is 6.61. The molecule has 0 aromatic heterocycles. The third-order valence-electron chi connectivity index (χ3n) is 4.83. The van der Waals surface area contributed by atoms with Crippen molar-refractivity contribution in [3.8, 4) is 0 Å². The maximum atomic E-state index is 13.4. The lowest BCUT2D eigenvalue weighted by Gasteiger charge is -2.30. The second-order valence-corrected chi connectivity index (χ2v) is 8.48. The number of para-hydroxylation sites is 1. The van der Waals surface area contributed by atoms with Gasteiger partial charge in [-0.1, -0.05) is 24.3 Å². The van der Waals surface area contributed by atoms with Crippen LogP contribution in [0, 0.1) is 13.8 Å². The standard InChI is InChI=1S/C20H26N2O3S/c1-17-8-9-20(16-18(17)2)26(23,24)22(19-6-4-3-5-7-19)11-10-21-12-14-25-15-13-21/h3-9,16H,10-15H2,1-2H3. The van der Waals surface area contributed by atoms with Gasteiger partial charge in [-0.05, 0) is 49.2 Å². The summed E-state index contributed by atoms with van der Waals surface area (Å²) in [6.45, 7) is 8.11. The number of hydrogen-bond acceptors (Lipinski definition) is 4. The average molecular weight is 375 g/mol. The van der Waals surface area contributed by atoms with Gasteiger partial charge in [0.2, 0.25) is 0 Å². The molecule has 0 saturated carbocycles. The highest BCUT2D eigenvalue weighted by Crippen LogP contribution is 2.25. The molecule has 1 fully saturated rings. The van der Waals surface area contributed by atoms with E-state index in [-0.39, 0.29) is 0 Å². The molecule has 1 aliphatic rings. The van der Waals surface area contributed by atoms with Crippen LogP contribution in [0.2, 0.25) is 0 Å². The average Bonchev–Trinajstić information content (AvgIpc) is 2.65. The second kappa shape index (κ2) is 8.20. The smallest absolute Gasteiger partial charge is 0.264 e. The third kappa shape index (κ3) is 4.26. The van der Waals surface area contributed by atoms with Gasteiger partial charge in [0, 0.05) is 26.2 Å². The van der Waals surface area contributed by atoms with E-state index in [1.54, 1.807) is 12.1 Å². The molecule has 0 radical (unpaired) electrons. The molecule has 5 nitrogen and oxygen atoms in total. The zero-order valence-corrected chi connectivity index (χ0v) is 16.2. The van der Waals surface area contributed by atoms with Crippen LogP contribution in [-0.2, 0) is 14.8 Å². The number of rotatable bonds is 6. The van der Waals surface area contributed by atoms with Crippen LogP contribution in [0.15, 0.2) is 53.4 Å². The van der Waals surface area contributed by atoms with Crippen LogP contribution in [-0.4, -0.2) is 52.7 Å². The van der Waals surface area contributed by atoms with Gasteiger partial charge < -0.3 is 4.74 Å². The first-order valence-electron chi connectivity index (χ1n) is 8.93. The molecule has 2 aromatic carbocycles. The van der Waals surface area contributed by atoms with E-state index < -0.39 is 10.0 Å². The minimum absolute atomic E-state index is 0.339. The number of hydrogen-bond donors (Lipinski definition) is 0. The fourth-order valence-corrected chi connectivity index (χ4v) is 4.58. The number of sulfonamides is 1. The van der Waals surface area contributed by atoms with E-state index in [4.69, 9.17) is 4.74 Å². The molecule has 0 aliphatic carbocycles. The summed E-state index contributed by atoms with van der Waals surface area (Å²) in [7, 11) is -3.62. The molecule has 0 amide bonds. The Labute approximate surface area is 156 Å². The van der Waals surface area contributed by atoms with Gasteiger partial charge in [0.1, 0.15) is 0 Å². The van der Waals surface area contributed by atoms with E-state index >= 15 is 0 Å². The van der Waals surface area contributed by atoms with Crippen molar-refractivity contribution in [2.45, 2.75) is 18.7 Å². The molecule has 0 spiro atoms. The van der Waals surface area contributed by atoms with Gasteiger partial charge in [-0.25, -0.2) is 8.42 Å². The number of morpholine rings is 1. The summed E-state index contributed by atoms with van der Waals surface area (Å²) in [4.78, 5) is 2.58. The quantitative estimate of drug-likeness (QED) is 0.780. The summed E-state index contributed by atoms with van der Waals surface area (Å²) in [5.74, 6) is 0. The molecule has 0 unspecified atom stereocenters. The third-order valence-corrected chi connectivity index (χ3v) is 6.66. The lowest BCUT2D eigenvalue weighted by Crippen LogP contribution is -2.43. The van der Waals surface area contributed by atoms with Gasteiger partial charge in [-0.15, -0.1) is 0 Å². The van der Waals surface area contributed by atoms with Crippen molar-refractivity contribution in [1.29, 1.82) is 0 Å². The first-order chi connectivity index (χ1) is 12.5. The molecule has 3 rings (SSSR count). The maximum Gasteiger partial charge on any atom is 0.264 e. The number of ether oxygens (including phenoxy) is 1. The first-order valence-corrected chi connectivity index (χ1v) is 10.4. The van der Waals surface area contributed by atoms with Crippen LogP contribution in [0.25, 0.3) is 0 Å². The molecule has 0 atom stereocenters. The van der Waals surface area contributed by atoms with Gasteiger partial charge >= 0.3 is 0 Å². The Morgan fingerprint density at radius 3 is 2.35 bits per heavy atom. The monoisotopic (exact) mass is 374 g/mol. The SMILES string of the molecule is Cc1ccc(S(=O)(=O)N(CCN2CCOCC2)c2ccccc2)cc1C. The highest BCUT2D eigenvalue weighted by molar-refractivity contribution is 7.92. The van der Waals surface area contributed by atoms with Crippen LogP contribution < -0.4 is 4.31 Å². The Kier molecular flexibility index (Phi) is 5.96. The number of nitrogens with zero attached hydrogens (tertiary/aromatic N) is 2. The molecular weight excluding hydrogens is 348 g/mol. The molecule has 2 aromatic rings. The number of aryl methyl sites for hydroxylation is 2. The molecule has 6 heteroatoms. The van der Waals surface area contributed by atoms with Gasteiger partial charge in [0.25, 0.3) is 10.0 Å². The molecule has 1 saturated heterocycles. The van der Waals surface area contributed by atoms with Crippen molar-refractivity contribution in [2.75, 3.05) is 43.7 Å². The zero-order valence-electron chi connectivity index (χ0n) is 15.4. The van der Waals surface area contributed by atoms with Crippen molar-refractivity contribution < 1.29 is 13.2 Å². The van der Waals surface area contributed by atoms with Crippen molar-refractivity contribution in [2.24, 2.45) is 0 Å². The minimum Gasteiger partial charge on any atom is -0.379 e. The highest BCUT2D eigenvalue weighted by Gasteiger charge is 2.26. The summed E-state index contributed by atoms with van der Waals surface area (Å²) in [6, 6.07) is 14.6. The van der Waals surface area contributed by atoms with Gasteiger partial charge in [0.15, 0.2) is 0 Å². The van der Waals surface area contributed by atoms with Crippen molar-refractivity contribution in [3.63, 3.8) is 0 Å². The van der Waals surface area contributed by atoms with Crippen molar-refractivity contribution in [3.05, 3.63) is 59.7 Å². The summed E-state index contributed by atoms with van der Waals surface area (Å²) in [6.07, 6.45) is 0. The predicted molar refractivity (Wildman–Crippen MR) is 104 cm³/mol. The molecular formula is C20H26N2O3S. The van der Waals surface area contributed by atoms with Crippen LogP contribution in [0.1, 0.15) is 11.1 Å². The molecule has 26 heavy (non-hydrogen) atoms. The van der Waals surface area contributed by atoms with Gasteiger partial charge in [-0.2, -0.15) is 0 Å². The van der Waals surface area contributed by atoms with Crippen LogP contribution >= 0.6 is 0 Å². The lowest BCUT2D eigenvalue weighted by atomic mass is 10.1. The van der Waals surface area contributed by atoms with Gasteiger partial charge in [0.05, 0.1) is 23.8 Å². The highest BCUT2D eigenvalue weighted by atomic mass is 32.2. The molecule has 0 bridgehead atoms. The lowest BCUT2D eigenvalue weighted by molar-refractivity contribution is 0.0395. The Morgan fingerprint density at radius 2 is 1.69 bits per heavy atom. The molecule has 140 valence electrons. The van der Waals surface area contributed by atoms with E-state index in [9.17, 15) is 8.42 Å². The normalized spacial score (nSPS) is 15.8. The number of benzene rings is 2. The summed E-state index contributed by atoms with van der Waals surface area (Å²) in [5.41, 5.74) is 2.76. The first kappa shape index (κ1) is 18.9. The molecule has 1 aliphatic heterocycles. The van der Waals surface area contributed by atoms with E-state index in [0.29, 0.717) is 36.9 Å². The topological polar surface area (TPSA) is 49.9 Å². The van der Waals surface area contributed by atoms with Crippen LogP contribution in [0.4, 0.5) is 5.69 Å². The van der Waals surface area contributed by atoms with E-state index in [1.807, 2.05) is 50.2 Å². The fraction of sp³-hybridized carbons (Fsp3) is 0.400. The maximum absolute atomic E-state index is 13.4. The largest absolute Gasteiger partial charge is 0.379 e. The summed E-state index contributed by atoms with van der Waals surface area (Å²) < 4.78 is 33.6. The summed E-state index contributed by atoms with van der Waals surface area (Å²) >= 11 is 0. The predicted octanol–water partition coefficient (Wildman–Crippen LogP) is 2.83. The minimum atomic E-state index is -3.62. The van der Waals surface area contributed by atoms with E-state index in [1.165, 1.54) is 4.31 Å². The Morgan fingerprint density at radius 1 is 1.00 bits per heavy atom. The number of anilines is 1. The van der Waals surface area contributed by atoms with E-state index in [2.05, 4.69) is 4.90 Å².